The topological polar surface area (TPSA) is 52.7 Å². The van der Waals surface area contributed by atoms with Crippen molar-refractivity contribution in [3.63, 3.8) is 0 Å². The van der Waals surface area contributed by atoms with Gasteiger partial charge in [0.05, 0.1) is 4.90 Å². The quantitative estimate of drug-likeness (QED) is 0.793. The Balaban J connectivity index is 0.00000288. The van der Waals surface area contributed by atoms with Crippen LogP contribution in [0.25, 0.3) is 0 Å². The molecule has 1 aliphatic heterocycles. The van der Waals surface area contributed by atoms with Crippen molar-refractivity contribution in [1.29, 1.82) is 0 Å². The number of hydrogen-bond acceptors (Lipinski definition) is 4. The third kappa shape index (κ3) is 5.70. The Kier molecular flexibility index (Phi) is 8.67. The van der Waals surface area contributed by atoms with Crippen LogP contribution in [0.1, 0.15) is 24.8 Å². The maximum absolute atomic E-state index is 12.2. The molecule has 2 rings (SSSR count). The highest BCUT2D eigenvalue weighted by molar-refractivity contribution is 7.89. The van der Waals surface area contributed by atoms with Crippen LogP contribution in [0.4, 0.5) is 0 Å². The van der Waals surface area contributed by atoms with E-state index >= 15 is 0 Å². The van der Waals surface area contributed by atoms with Crippen molar-refractivity contribution < 1.29 is 8.42 Å². The zero-order valence-electron chi connectivity index (χ0n) is 14.9. The molecule has 0 unspecified atom stereocenters. The fourth-order valence-corrected chi connectivity index (χ4v) is 4.03. The molecular formula is C17H30ClN3O2S. The lowest BCUT2D eigenvalue weighted by Crippen LogP contribution is -2.34. The van der Waals surface area contributed by atoms with E-state index in [-0.39, 0.29) is 12.4 Å². The number of likely N-dealkylation sites (tertiary alicyclic amines) is 1. The number of nitrogens with one attached hydrogen (secondary N) is 1. The zero-order valence-corrected chi connectivity index (χ0v) is 16.5. The molecule has 0 aliphatic carbocycles. The molecule has 24 heavy (non-hydrogen) atoms. The summed E-state index contributed by atoms with van der Waals surface area (Å²) in [7, 11) is 1.79. The lowest BCUT2D eigenvalue weighted by atomic mass is 9.93. The molecule has 0 radical (unpaired) electrons. The van der Waals surface area contributed by atoms with E-state index in [0.29, 0.717) is 4.90 Å². The molecule has 0 saturated carbocycles. The minimum absolute atomic E-state index is 0. The SMILES string of the molecule is CNCCC1CCN(Cc2cccc(S(=O)(=O)N(C)C)c2)CC1.Cl. The van der Waals surface area contributed by atoms with Gasteiger partial charge in [0.1, 0.15) is 0 Å². The van der Waals surface area contributed by atoms with Gasteiger partial charge < -0.3 is 5.32 Å². The van der Waals surface area contributed by atoms with E-state index in [1.165, 1.54) is 23.6 Å². The molecule has 0 bridgehead atoms. The van der Waals surface area contributed by atoms with E-state index in [0.717, 1.165) is 37.7 Å². The summed E-state index contributed by atoms with van der Waals surface area (Å²) >= 11 is 0. The van der Waals surface area contributed by atoms with Crippen LogP contribution in [0.15, 0.2) is 29.2 Å². The number of benzene rings is 1. The van der Waals surface area contributed by atoms with Gasteiger partial charge in [-0.1, -0.05) is 12.1 Å². The minimum atomic E-state index is -3.35. The van der Waals surface area contributed by atoms with Crippen LogP contribution in [0.5, 0.6) is 0 Å². The van der Waals surface area contributed by atoms with Gasteiger partial charge in [-0.3, -0.25) is 4.90 Å². The Hall–Kier alpha value is -0.660. The smallest absolute Gasteiger partial charge is 0.242 e. The number of halogens is 1. The average Bonchev–Trinajstić information content (AvgIpc) is 2.54. The van der Waals surface area contributed by atoms with Crippen LogP contribution in [0.3, 0.4) is 0 Å². The van der Waals surface area contributed by atoms with Gasteiger partial charge in [0.2, 0.25) is 10.0 Å². The second kappa shape index (κ2) is 9.73. The van der Waals surface area contributed by atoms with Crippen LogP contribution in [0, 0.1) is 5.92 Å². The first-order valence-electron chi connectivity index (χ1n) is 8.32. The van der Waals surface area contributed by atoms with Crippen LogP contribution in [-0.4, -0.2) is 58.4 Å². The largest absolute Gasteiger partial charge is 0.320 e. The number of sulfonamides is 1. The van der Waals surface area contributed by atoms with Crippen molar-refractivity contribution in [1.82, 2.24) is 14.5 Å². The molecule has 0 atom stereocenters. The Bertz CT molecular complexity index is 600. The predicted molar refractivity (Wildman–Crippen MR) is 101 cm³/mol. The van der Waals surface area contributed by atoms with Crippen molar-refractivity contribution in [3.8, 4) is 0 Å². The third-order valence-corrected chi connectivity index (χ3v) is 6.40. The fourth-order valence-electron chi connectivity index (χ4n) is 3.06. The Labute approximate surface area is 152 Å². The standard InChI is InChI=1S/C17H29N3O2S.ClH/c1-18-10-7-15-8-11-20(12-9-15)14-16-5-4-6-17(13-16)23(21,22)19(2)3;/h4-6,13,15,18H,7-12,14H2,1-3H3;1H. The maximum Gasteiger partial charge on any atom is 0.242 e. The number of nitrogens with zero attached hydrogens (tertiary/aromatic N) is 2. The first-order valence-corrected chi connectivity index (χ1v) is 9.76. The normalized spacial score (nSPS) is 17.0. The molecule has 1 aromatic rings. The van der Waals surface area contributed by atoms with Gasteiger partial charge in [0.25, 0.3) is 0 Å². The highest BCUT2D eigenvalue weighted by Crippen LogP contribution is 2.22. The van der Waals surface area contributed by atoms with Gasteiger partial charge in [0.15, 0.2) is 0 Å². The average molecular weight is 376 g/mol. The summed E-state index contributed by atoms with van der Waals surface area (Å²) in [6.45, 7) is 4.11. The summed E-state index contributed by atoms with van der Waals surface area (Å²) < 4.78 is 25.7. The fraction of sp³-hybridized carbons (Fsp3) is 0.647. The molecule has 1 aromatic carbocycles. The first kappa shape index (κ1) is 21.4. The van der Waals surface area contributed by atoms with Gasteiger partial charge in [-0.25, -0.2) is 12.7 Å². The maximum atomic E-state index is 12.2. The van der Waals surface area contributed by atoms with Gasteiger partial charge in [-0.05, 0) is 69.6 Å². The lowest BCUT2D eigenvalue weighted by molar-refractivity contribution is 0.172. The molecule has 138 valence electrons. The minimum Gasteiger partial charge on any atom is -0.320 e. The highest BCUT2D eigenvalue weighted by atomic mass is 35.5. The Morgan fingerprint density at radius 2 is 1.92 bits per heavy atom. The summed E-state index contributed by atoms with van der Waals surface area (Å²) in [5.41, 5.74) is 1.07. The van der Waals surface area contributed by atoms with Crippen LogP contribution < -0.4 is 5.32 Å². The summed E-state index contributed by atoms with van der Waals surface area (Å²) in [5.74, 6) is 0.819. The van der Waals surface area contributed by atoms with Crippen molar-refractivity contribution in [2.75, 3.05) is 40.8 Å². The molecule has 7 heteroatoms. The van der Waals surface area contributed by atoms with E-state index in [4.69, 9.17) is 0 Å². The van der Waals surface area contributed by atoms with Crippen LogP contribution in [-0.2, 0) is 16.6 Å². The van der Waals surface area contributed by atoms with Gasteiger partial charge in [0, 0.05) is 20.6 Å². The van der Waals surface area contributed by atoms with E-state index in [1.54, 1.807) is 20.2 Å². The van der Waals surface area contributed by atoms with Crippen molar-refractivity contribution >= 4 is 22.4 Å². The Morgan fingerprint density at radius 3 is 2.50 bits per heavy atom. The first-order chi connectivity index (χ1) is 10.9. The van der Waals surface area contributed by atoms with E-state index < -0.39 is 10.0 Å². The second-order valence-electron chi connectivity index (χ2n) is 6.55. The molecule has 1 heterocycles. The summed E-state index contributed by atoms with van der Waals surface area (Å²) in [6, 6.07) is 7.33. The van der Waals surface area contributed by atoms with Crippen molar-refractivity contribution in [2.24, 2.45) is 5.92 Å². The van der Waals surface area contributed by atoms with Crippen molar-refractivity contribution in [2.45, 2.75) is 30.7 Å². The predicted octanol–water partition coefficient (Wildman–Crippen LogP) is 2.18. The molecule has 1 fully saturated rings. The molecule has 0 amide bonds. The highest BCUT2D eigenvalue weighted by Gasteiger charge is 2.20. The molecule has 5 nitrogen and oxygen atoms in total. The molecule has 0 aromatic heterocycles. The zero-order chi connectivity index (χ0) is 16.9. The Morgan fingerprint density at radius 1 is 1.25 bits per heavy atom. The van der Waals surface area contributed by atoms with E-state index in [9.17, 15) is 8.42 Å². The number of piperidine rings is 1. The number of rotatable bonds is 7. The number of hydrogen-bond donors (Lipinski definition) is 1. The summed E-state index contributed by atoms with van der Waals surface area (Å²) in [6.07, 6.45) is 3.72. The molecule has 1 aliphatic rings. The van der Waals surface area contributed by atoms with Crippen molar-refractivity contribution in [3.05, 3.63) is 29.8 Å². The summed E-state index contributed by atoms with van der Waals surface area (Å²) in [5, 5.41) is 3.22. The molecule has 0 spiro atoms. The molecule has 1 N–H and O–H groups in total. The monoisotopic (exact) mass is 375 g/mol. The second-order valence-corrected chi connectivity index (χ2v) is 8.70. The van der Waals surface area contributed by atoms with Gasteiger partial charge >= 0.3 is 0 Å². The lowest BCUT2D eigenvalue weighted by Gasteiger charge is -2.32. The summed E-state index contributed by atoms with van der Waals surface area (Å²) in [4.78, 5) is 2.81. The third-order valence-electron chi connectivity index (χ3n) is 4.59. The van der Waals surface area contributed by atoms with Crippen LogP contribution >= 0.6 is 12.4 Å². The van der Waals surface area contributed by atoms with Crippen LogP contribution in [0.2, 0.25) is 0 Å². The van der Waals surface area contributed by atoms with E-state index in [1.807, 2.05) is 25.2 Å². The molecule has 1 saturated heterocycles. The van der Waals surface area contributed by atoms with E-state index in [2.05, 4.69) is 10.2 Å². The van der Waals surface area contributed by atoms with Gasteiger partial charge in [-0.15, -0.1) is 12.4 Å². The van der Waals surface area contributed by atoms with Gasteiger partial charge in [-0.2, -0.15) is 0 Å². The molecular weight excluding hydrogens is 346 g/mol.